The number of hydrogen-bond donors (Lipinski definition) is 1. The molecule has 2 rings (SSSR count). The number of hydrogen-bond acceptors (Lipinski definition) is 2. The lowest BCUT2D eigenvalue weighted by Gasteiger charge is -2.13. The van der Waals surface area contributed by atoms with Crippen LogP contribution in [0.3, 0.4) is 0 Å². The average molecular weight is 279 g/mol. The Kier molecular flexibility index (Phi) is 4.49. The van der Waals surface area contributed by atoms with Crippen LogP contribution in [0, 0.1) is 11.6 Å². The molecule has 1 heterocycles. The smallest absolute Gasteiger partial charge is 0.126 e. The Morgan fingerprint density at radius 1 is 1.15 bits per heavy atom. The standard InChI is InChI=1S/C15H19F2N3/c1-3-13-8-14(20(4-2)19-13)9-15(18)10-5-11(16)7-12(17)6-10/h5-8,15H,3-4,9,18H2,1-2H3. The van der Waals surface area contributed by atoms with E-state index in [1.54, 1.807) is 0 Å². The van der Waals surface area contributed by atoms with Gasteiger partial charge in [0.2, 0.25) is 0 Å². The van der Waals surface area contributed by atoms with Gasteiger partial charge in [0.15, 0.2) is 0 Å². The summed E-state index contributed by atoms with van der Waals surface area (Å²) in [7, 11) is 0. The van der Waals surface area contributed by atoms with Crippen molar-refractivity contribution in [1.29, 1.82) is 0 Å². The zero-order valence-corrected chi connectivity index (χ0v) is 11.7. The summed E-state index contributed by atoms with van der Waals surface area (Å²) in [5.41, 5.74) is 8.51. The fraction of sp³-hybridized carbons (Fsp3) is 0.400. The summed E-state index contributed by atoms with van der Waals surface area (Å²) in [6.07, 6.45) is 1.35. The molecule has 0 bridgehead atoms. The molecule has 2 aromatic rings. The molecule has 20 heavy (non-hydrogen) atoms. The Balaban J connectivity index is 2.22. The molecule has 5 heteroatoms. The van der Waals surface area contributed by atoms with E-state index in [-0.39, 0.29) is 0 Å². The van der Waals surface area contributed by atoms with Gasteiger partial charge in [0.1, 0.15) is 11.6 Å². The predicted molar refractivity (Wildman–Crippen MR) is 74.3 cm³/mol. The lowest BCUT2D eigenvalue weighted by Crippen LogP contribution is -2.16. The highest BCUT2D eigenvalue weighted by Gasteiger charge is 2.14. The zero-order chi connectivity index (χ0) is 14.7. The quantitative estimate of drug-likeness (QED) is 0.914. The van der Waals surface area contributed by atoms with E-state index < -0.39 is 17.7 Å². The first kappa shape index (κ1) is 14.7. The van der Waals surface area contributed by atoms with E-state index in [0.29, 0.717) is 12.0 Å². The SMILES string of the molecule is CCc1cc(CC(N)c2cc(F)cc(F)c2)n(CC)n1. The molecule has 0 fully saturated rings. The van der Waals surface area contributed by atoms with Crippen LogP contribution in [0.5, 0.6) is 0 Å². The van der Waals surface area contributed by atoms with Gasteiger partial charge in [-0.25, -0.2) is 8.78 Å². The van der Waals surface area contributed by atoms with Gasteiger partial charge in [-0.2, -0.15) is 5.10 Å². The summed E-state index contributed by atoms with van der Waals surface area (Å²) >= 11 is 0. The largest absolute Gasteiger partial charge is 0.324 e. The molecule has 2 N–H and O–H groups in total. The van der Waals surface area contributed by atoms with Crippen LogP contribution in [-0.4, -0.2) is 9.78 Å². The van der Waals surface area contributed by atoms with Crippen LogP contribution in [-0.2, 0) is 19.4 Å². The molecule has 0 spiro atoms. The number of aromatic nitrogens is 2. The van der Waals surface area contributed by atoms with Crippen LogP contribution in [0.4, 0.5) is 8.78 Å². The highest BCUT2D eigenvalue weighted by molar-refractivity contribution is 5.23. The molecule has 108 valence electrons. The van der Waals surface area contributed by atoms with Gasteiger partial charge in [-0.05, 0) is 37.1 Å². The van der Waals surface area contributed by atoms with E-state index in [1.807, 2.05) is 24.6 Å². The average Bonchev–Trinajstić information content (AvgIpc) is 2.79. The molecule has 0 radical (unpaired) electrons. The molecule has 0 aliphatic rings. The van der Waals surface area contributed by atoms with E-state index in [9.17, 15) is 8.78 Å². The van der Waals surface area contributed by atoms with Crippen molar-refractivity contribution in [3.63, 3.8) is 0 Å². The minimum atomic E-state index is -0.603. The number of aryl methyl sites for hydroxylation is 2. The molecular formula is C15H19F2N3. The van der Waals surface area contributed by atoms with E-state index in [4.69, 9.17) is 5.73 Å². The number of nitrogens with two attached hydrogens (primary N) is 1. The van der Waals surface area contributed by atoms with Gasteiger partial charge in [0.25, 0.3) is 0 Å². The van der Waals surface area contributed by atoms with Gasteiger partial charge in [-0.15, -0.1) is 0 Å². The molecule has 0 saturated heterocycles. The lowest BCUT2D eigenvalue weighted by atomic mass is 10.0. The van der Waals surface area contributed by atoms with Crippen LogP contribution in [0.2, 0.25) is 0 Å². The minimum absolute atomic E-state index is 0.452. The van der Waals surface area contributed by atoms with Gasteiger partial charge in [-0.1, -0.05) is 6.92 Å². The van der Waals surface area contributed by atoms with Crippen molar-refractivity contribution < 1.29 is 8.78 Å². The second-order valence-corrected chi connectivity index (χ2v) is 4.81. The third-order valence-corrected chi connectivity index (χ3v) is 3.32. The lowest BCUT2D eigenvalue weighted by molar-refractivity contribution is 0.562. The van der Waals surface area contributed by atoms with Gasteiger partial charge in [0.05, 0.1) is 5.69 Å². The Morgan fingerprint density at radius 2 is 1.80 bits per heavy atom. The first-order valence-corrected chi connectivity index (χ1v) is 6.80. The first-order chi connectivity index (χ1) is 9.53. The Labute approximate surface area is 117 Å². The van der Waals surface area contributed by atoms with Gasteiger partial charge in [0, 0.05) is 30.8 Å². The van der Waals surface area contributed by atoms with Gasteiger partial charge in [-0.3, -0.25) is 4.68 Å². The number of nitrogens with zero attached hydrogens (tertiary/aromatic N) is 2. The molecule has 1 aromatic carbocycles. The summed E-state index contributed by atoms with van der Waals surface area (Å²) in [6.45, 7) is 4.79. The summed E-state index contributed by atoms with van der Waals surface area (Å²) in [6, 6.07) is 4.95. The number of rotatable bonds is 5. The van der Waals surface area contributed by atoms with Crippen molar-refractivity contribution in [3.05, 3.63) is 52.9 Å². The maximum absolute atomic E-state index is 13.2. The third-order valence-electron chi connectivity index (χ3n) is 3.32. The van der Waals surface area contributed by atoms with Crippen LogP contribution < -0.4 is 5.73 Å². The highest BCUT2D eigenvalue weighted by Crippen LogP contribution is 2.19. The molecule has 0 saturated carbocycles. The van der Waals surface area contributed by atoms with Crippen LogP contribution in [0.25, 0.3) is 0 Å². The second kappa shape index (κ2) is 6.13. The molecule has 1 unspecified atom stereocenters. The molecule has 1 aromatic heterocycles. The Hall–Kier alpha value is -1.75. The second-order valence-electron chi connectivity index (χ2n) is 4.81. The fourth-order valence-electron chi connectivity index (χ4n) is 2.26. The van der Waals surface area contributed by atoms with Gasteiger partial charge >= 0.3 is 0 Å². The molecule has 0 amide bonds. The van der Waals surface area contributed by atoms with Crippen LogP contribution in [0.15, 0.2) is 24.3 Å². The topological polar surface area (TPSA) is 43.8 Å². The van der Waals surface area contributed by atoms with E-state index in [1.165, 1.54) is 12.1 Å². The van der Waals surface area contributed by atoms with Gasteiger partial charge < -0.3 is 5.73 Å². The van der Waals surface area contributed by atoms with E-state index in [0.717, 1.165) is 30.4 Å². The minimum Gasteiger partial charge on any atom is -0.324 e. The fourth-order valence-corrected chi connectivity index (χ4v) is 2.26. The van der Waals surface area contributed by atoms with Crippen LogP contribution in [0.1, 0.15) is 36.8 Å². The highest BCUT2D eigenvalue weighted by atomic mass is 19.1. The predicted octanol–water partition coefficient (Wildman–Crippen LogP) is 2.99. The van der Waals surface area contributed by atoms with E-state index in [2.05, 4.69) is 5.10 Å². The zero-order valence-electron chi connectivity index (χ0n) is 11.7. The normalized spacial score (nSPS) is 12.7. The van der Waals surface area contributed by atoms with E-state index >= 15 is 0 Å². The molecule has 1 atom stereocenters. The summed E-state index contributed by atoms with van der Waals surface area (Å²) in [5.74, 6) is -1.21. The Morgan fingerprint density at radius 3 is 2.35 bits per heavy atom. The summed E-state index contributed by atoms with van der Waals surface area (Å²) in [4.78, 5) is 0. The van der Waals surface area contributed by atoms with Crippen molar-refractivity contribution in [2.24, 2.45) is 5.73 Å². The van der Waals surface area contributed by atoms with Crippen molar-refractivity contribution in [2.45, 2.75) is 39.3 Å². The molecule has 3 nitrogen and oxygen atoms in total. The summed E-state index contributed by atoms with van der Waals surface area (Å²) in [5, 5.41) is 4.44. The first-order valence-electron chi connectivity index (χ1n) is 6.80. The van der Waals surface area contributed by atoms with Crippen molar-refractivity contribution in [2.75, 3.05) is 0 Å². The summed E-state index contributed by atoms with van der Waals surface area (Å²) < 4.78 is 28.3. The number of halogens is 2. The molecule has 0 aliphatic heterocycles. The maximum Gasteiger partial charge on any atom is 0.126 e. The van der Waals surface area contributed by atoms with Crippen molar-refractivity contribution in [1.82, 2.24) is 9.78 Å². The Bertz CT molecular complexity index is 573. The molecular weight excluding hydrogens is 260 g/mol. The third kappa shape index (κ3) is 3.22. The monoisotopic (exact) mass is 279 g/mol. The van der Waals surface area contributed by atoms with Crippen molar-refractivity contribution >= 4 is 0 Å². The van der Waals surface area contributed by atoms with Crippen LogP contribution >= 0.6 is 0 Å². The maximum atomic E-state index is 13.2. The van der Waals surface area contributed by atoms with Crippen molar-refractivity contribution in [3.8, 4) is 0 Å². The number of benzene rings is 1. The molecule has 0 aliphatic carbocycles.